The number of anilines is 1. The van der Waals surface area contributed by atoms with Gasteiger partial charge in [0, 0.05) is 17.7 Å². The van der Waals surface area contributed by atoms with E-state index in [0.29, 0.717) is 5.76 Å². The number of hydrogen-bond acceptors (Lipinski definition) is 6. The van der Waals surface area contributed by atoms with Gasteiger partial charge >= 0.3 is 0 Å². The molecular formula is C12H12N4O4. The first-order chi connectivity index (χ1) is 9.47. The highest BCUT2D eigenvalue weighted by molar-refractivity contribution is 5.94. The minimum atomic E-state index is -0.717. The van der Waals surface area contributed by atoms with Gasteiger partial charge in [-0.3, -0.25) is 14.9 Å². The van der Waals surface area contributed by atoms with Gasteiger partial charge in [0.2, 0.25) is 5.91 Å². The minimum absolute atomic E-state index is 0.0813. The first-order valence-corrected chi connectivity index (χ1v) is 5.71. The molecule has 0 aliphatic carbocycles. The summed E-state index contributed by atoms with van der Waals surface area (Å²) in [7, 11) is 0. The van der Waals surface area contributed by atoms with E-state index in [2.05, 4.69) is 10.5 Å². The molecule has 1 amide bonds. The molecule has 2 rings (SSSR count). The third kappa shape index (κ3) is 2.91. The van der Waals surface area contributed by atoms with Gasteiger partial charge in [-0.15, -0.1) is 0 Å². The lowest BCUT2D eigenvalue weighted by molar-refractivity contribution is -0.384. The maximum Gasteiger partial charge on any atom is 0.293 e. The number of primary amides is 1. The molecule has 1 aromatic carbocycles. The minimum Gasteiger partial charge on any atom is -0.372 e. The fourth-order valence-electron chi connectivity index (χ4n) is 1.67. The van der Waals surface area contributed by atoms with Crippen molar-refractivity contribution in [2.24, 2.45) is 5.73 Å². The van der Waals surface area contributed by atoms with Gasteiger partial charge in [-0.1, -0.05) is 5.16 Å². The molecule has 0 fully saturated rings. The zero-order valence-electron chi connectivity index (χ0n) is 10.6. The summed E-state index contributed by atoms with van der Waals surface area (Å²) < 4.78 is 4.99. The van der Waals surface area contributed by atoms with Crippen molar-refractivity contribution in [3.63, 3.8) is 0 Å². The number of amides is 1. The maximum atomic E-state index is 11.0. The number of nitrogens with one attached hydrogen (secondary N) is 1. The van der Waals surface area contributed by atoms with Crippen LogP contribution in [-0.4, -0.2) is 16.0 Å². The van der Waals surface area contributed by atoms with Crippen molar-refractivity contribution in [3.05, 3.63) is 51.4 Å². The van der Waals surface area contributed by atoms with E-state index in [1.165, 1.54) is 12.1 Å². The number of carbonyl (C=O) groups is 1. The summed E-state index contributed by atoms with van der Waals surface area (Å²) in [6, 6.07) is 5.71. The molecule has 1 aromatic heterocycles. The lowest BCUT2D eigenvalue weighted by Gasteiger charge is -2.06. The molecule has 0 bridgehead atoms. The molecule has 0 aliphatic rings. The van der Waals surface area contributed by atoms with E-state index in [4.69, 9.17) is 10.3 Å². The van der Waals surface area contributed by atoms with Gasteiger partial charge < -0.3 is 15.6 Å². The average Bonchev–Trinajstić information content (AvgIpc) is 2.81. The molecule has 3 N–H and O–H groups in total. The Morgan fingerprint density at radius 3 is 2.80 bits per heavy atom. The Kier molecular flexibility index (Phi) is 3.65. The van der Waals surface area contributed by atoms with Gasteiger partial charge in [-0.2, -0.15) is 0 Å². The van der Waals surface area contributed by atoms with Gasteiger partial charge in [-0.05, 0) is 19.1 Å². The summed E-state index contributed by atoms with van der Waals surface area (Å²) in [6.07, 6.45) is 0. The Balaban J connectivity index is 2.22. The zero-order valence-corrected chi connectivity index (χ0v) is 10.6. The first-order valence-electron chi connectivity index (χ1n) is 5.71. The van der Waals surface area contributed by atoms with Crippen LogP contribution in [0.4, 0.5) is 11.4 Å². The monoisotopic (exact) mass is 276 g/mol. The van der Waals surface area contributed by atoms with E-state index in [1.807, 2.05) is 0 Å². The number of aryl methyl sites for hydroxylation is 1. The van der Waals surface area contributed by atoms with Crippen LogP contribution in [0, 0.1) is 17.0 Å². The molecule has 0 saturated carbocycles. The van der Waals surface area contributed by atoms with Crippen molar-refractivity contribution in [2.45, 2.75) is 13.5 Å². The Morgan fingerprint density at radius 1 is 1.50 bits per heavy atom. The van der Waals surface area contributed by atoms with Gasteiger partial charge in [0.25, 0.3) is 5.69 Å². The standard InChI is InChI=1S/C12H12N4O4/c1-7-4-9(20-15-7)6-14-10-3-2-8(12(13)17)5-11(10)16(18)19/h2-5,14H,6H2,1H3,(H2,13,17). The molecule has 1 heterocycles. The number of nitro groups is 1. The van der Waals surface area contributed by atoms with Crippen LogP contribution in [0.2, 0.25) is 0 Å². The third-order valence-electron chi connectivity index (χ3n) is 2.61. The van der Waals surface area contributed by atoms with Gasteiger partial charge in [0.15, 0.2) is 5.76 Å². The fraction of sp³-hybridized carbons (Fsp3) is 0.167. The normalized spacial score (nSPS) is 10.2. The third-order valence-corrected chi connectivity index (χ3v) is 2.61. The smallest absolute Gasteiger partial charge is 0.293 e. The van der Waals surface area contributed by atoms with Crippen molar-refractivity contribution in [1.29, 1.82) is 0 Å². The van der Waals surface area contributed by atoms with E-state index in [0.717, 1.165) is 11.8 Å². The van der Waals surface area contributed by atoms with E-state index in [9.17, 15) is 14.9 Å². The molecule has 0 radical (unpaired) electrons. The van der Waals surface area contributed by atoms with Crippen LogP contribution in [-0.2, 0) is 6.54 Å². The van der Waals surface area contributed by atoms with Crippen LogP contribution >= 0.6 is 0 Å². The van der Waals surface area contributed by atoms with Gasteiger partial charge in [-0.25, -0.2) is 0 Å². The lowest BCUT2D eigenvalue weighted by atomic mass is 10.1. The van der Waals surface area contributed by atoms with Crippen LogP contribution in [0.3, 0.4) is 0 Å². The number of rotatable bonds is 5. The SMILES string of the molecule is Cc1cc(CNc2ccc(C(N)=O)cc2[N+](=O)[O-])on1. The predicted octanol–water partition coefficient (Wildman–Crippen LogP) is 1.60. The summed E-state index contributed by atoms with van der Waals surface area (Å²) in [4.78, 5) is 21.4. The van der Waals surface area contributed by atoms with Crippen molar-refractivity contribution >= 4 is 17.3 Å². The number of nitrogens with zero attached hydrogens (tertiary/aromatic N) is 2. The molecule has 0 atom stereocenters. The largest absolute Gasteiger partial charge is 0.372 e. The number of aromatic nitrogens is 1. The van der Waals surface area contributed by atoms with Crippen molar-refractivity contribution in [1.82, 2.24) is 5.16 Å². The van der Waals surface area contributed by atoms with Crippen molar-refractivity contribution in [3.8, 4) is 0 Å². The molecule has 104 valence electrons. The van der Waals surface area contributed by atoms with Crippen LogP contribution in [0.1, 0.15) is 21.8 Å². The Labute approximate surface area is 113 Å². The number of nitro benzene ring substituents is 1. The Morgan fingerprint density at radius 2 is 2.25 bits per heavy atom. The Hall–Kier alpha value is -2.90. The molecule has 0 unspecified atom stereocenters. The molecule has 0 aliphatic heterocycles. The number of benzene rings is 1. The predicted molar refractivity (Wildman–Crippen MR) is 70.2 cm³/mol. The summed E-state index contributed by atoms with van der Waals surface area (Å²) in [5.41, 5.74) is 5.95. The highest BCUT2D eigenvalue weighted by atomic mass is 16.6. The molecule has 20 heavy (non-hydrogen) atoms. The number of hydrogen-bond donors (Lipinski definition) is 2. The first kappa shape index (κ1) is 13.5. The Bertz CT molecular complexity index is 665. The molecule has 8 heteroatoms. The second-order valence-electron chi connectivity index (χ2n) is 4.14. The quantitative estimate of drug-likeness (QED) is 0.631. The highest BCUT2D eigenvalue weighted by Crippen LogP contribution is 2.26. The molecule has 0 spiro atoms. The van der Waals surface area contributed by atoms with Gasteiger partial charge in [0.05, 0.1) is 17.2 Å². The van der Waals surface area contributed by atoms with Crippen LogP contribution in [0.5, 0.6) is 0 Å². The topological polar surface area (TPSA) is 124 Å². The van der Waals surface area contributed by atoms with Crippen LogP contribution in [0.15, 0.2) is 28.8 Å². The molecular weight excluding hydrogens is 264 g/mol. The van der Waals surface area contributed by atoms with Crippen LogP contribution < -0.4 is 11.1 Å². The summed E-state index contributed by atoms with van der Waals surface area (Å²) in [6.45, 7) is 2.02. The van der Waals surface area contributed by atoms with E-state index in [1.54, 1.807) is 13.0 Å². The van der Waals surface area contributed by atoms with Crippen LogP contribution in [0.25, 0.3) is 0 Å². The van der Waals surface area contributed by atoms with Gasteiger partial charge in [0.1, 0.15) is 5.69 Å². The number of nitrogens with two attached hydrogens (primary N) is 1. The summed E-state index contributed by atoms with van der Waals surface area (Å²) in [5.74, 6) is -0.165. The fourth-order valence-corrected chi connectivity index (χ4v) is 1.67. The summed E-state index contributed by atoms with van der Waals surface area (Å²) >= 11 is 0. The van der Waals surface area contributed by atoms with Crippen molar-refractivity contribution in [2.75, 3.05) is 5.32 Å². The molecule has 0 saturated heterocycles. The van der Waals surface area contributed by atoms with Crippen molar-refractivity contribution < 1.29 is 14.2 Å². The lowest BCUT2D eigenvalue weighted by Crippen LogP contribution is -2.12. The van der Waals surface area contributed by atoms with E-state index < -0.39 is 10.8 Å². The second-order valence-corrected chi connectivity index (χ2v) is 4.14. The summed E-state index contributed by atoms with van der Waals surface area (Å²) in [5, 5.41) is 17.6. The van der Waals surface area contributed by atoms with E-state index >= 15 is 0 Å². The molecule has 8 nitrogen and oxygen atoms in total. The zero-order chi connectivity index (χ0) is 14.7. The van der Waals surface area contributed by atoms with E-state index in [-0.39, 0.29) is 23.5 Å². The molecule has 2 aromatic rings. The average molecular weight is 276 g/mol. The number of carbonyl (C=O) groups excluding carboxylic acids is 1. The maximum absolute atomic E-state index is 11.0. The highest BCUT2D eigenvalue weighted by Gasteiger charge is 2.16. The second kappa shape index (κ2) is 5.39.